The summed E-state index contributed by atoms with van der Waals surface area (Å²) < 4.78 is 13.8. The average molecular weight is 235 g/mol. The van der Waals surface area contributed by atoms with Crippen LogP contribution in [0, 0.1) is 11.2 Å². The third-order valence-electron chi connectivity index (χ3n) is 4.13. The van der Waals surface area contributed by atoms with Crippen molar-refractivity contribution >= 4 is 0 Å². The maximum absolute atomic E-state index is 13.8. The molecule has 1 saturated heterocycles. The summed E-state index contributed by atoms with van der Waals surface area (Å²) in [5.74, 6) is -0.0789. The van der Waals surface area contributed by atoms with Crippen LogP contribution in [0.1, 0.15) is 39.2 Å². The minimum absolute atomic E-state index is 0.0369. The third kappa shape index (κ3) is 2.37. The highest BCUT2D eigenvalue weighted by molar-refractivity contribution is 5.22. The standard InChI is InChI=1S/C15H22FN/c1-14(2,3)15(9-6-10-17-15)11-12-7-4-5-8-13(12)16/h4-5,7-8,17H,6,9-11H2,1-3H3. The van der Waals surface area contributed by atoms with Gasteiger partial charge in [-0.25, -0.2) is 4.39 Å². The zero-order valence-corrected chi connectivity index (χ0v) is 11.0. The molecule has 1 heterocycles. The van der Waals surface area contributed by atoms with Crippen LogP contribution in [-0.4, -0.2) is 12.1 Å². The Balaban J connectivity index is 2.28. The molecule has 1 atom stereocenters. The molecule has 1 aromatic rings. The Labute approximate surface area is 103 Å². The van der Waals surface area contributed by atoms with Gasteiger partial charge < -0.3 is 5.32 Å². The first kappa shape index (κ1) is 12.6. The third-order valence-corrected chi connectivity index (χ3v) is 4.13. The van der Waals surface area contributed by atoms with Crippen molar-refractivity contribution in [3.05, 3.63) is 35.6 Å². The van der Waals surface area contributed by atoms with Crippen LogP contribution in [0.25, 0.3) is 0 Å². The molecular weight excluding hydrogens is 213 g/mol. The summed E-state index contributed by atoms with van der Waals surface area (Å²) in [5.41, 5.74) is 1.01. The SMILES string of the molecule is CC(C)(C)C1(Cc2ccccc2F)CCCN1. The summed E-state index contributed by atoms with van der Waals surface area (Å²) in [7, 11) is 0. The van der Waals surface area contributed by atoms with Crippen LogP contribution in [-0.2, 0) is 6.42 Å². The van der Waals surface area contributed by atoms with Crippen molar-refractivity contribution in [1.29, 1.82) is 0 Å². The summed E-state index contributed by atoms with van der Waals surface area (Å²) in [4.78, 5) is 0. The highest BCUT2D eigenvalue weighted by atomic mass is 19.1. The number of rotatable bonds is 2. The van der Waals surface area contributed by atoms with Gasteiger partial charge in [0.1, 0.15) is 5.82 Å². The molecule has 0 saturated carbocycles. The number of halogens is 1. The smallest absolute Gasteiger partial charge is 0.126 e. The lowest BCUT2D eigenvalue weighted by Crippen LogP contribution is -2.52. The predicted molar refractivity (Wildman–Crippen MR) is 69.5 cm³/mol. The van der Waals surface area contributed by atoms with Gasteiger partial charge in [-0.3, -0.25) is 0 Å². The van der Waals surface area contributed by atoms with E-state index in [9.17, 15) is 4.39 Å². The van der Waals surface area contributed by atoms with Crippen LogP contribution < -0.4 is 5.32 Å². The molecule has 0 radical (unpaired) electrons. The van der Waals surface area contributed by atoms with Gasteiger partial charge in [-0.05, 0) is 42.9 Å². The van der Waals surface area contributed by atoms with Crippen LogP contribution in [0.15, 0.2) is 24.3 Å². The first-order valence-electron chi connectivity index (χ1n) is 6.43. The second-order valence-corrected chi connectivity index (χ2v) is 6.13. The molecule has 1 N–H and O–H groups in total. The minimum Gasteiger partial charge on any atom is -0.310 e. The Kier molecular flexibility index (Phi) is 3.26. The van der Waals surface area contributed by atoms with E-state index in [0.717, 1.165) is 24.9 Å². The maximum Gasteiger partial charge on any atom is 0.126 e. The van der Waals surface area contributed by atoms with E-state index in [0.29, 0.717) is 0 Å². The molecule has 1 unspecified atom stereocenters. The molecule has 1 aromatic carbocycles. The molecule has 1 aliphatic heterocycles. The first-order chi connectivity index (χ1) is 7.95. The molecule has 2 rings (SSSR count). The zero-order chi connectivity index (χ0) is 12.5. The molecule has 94 valence electrons. The van der Waals surface area contributed by atoms with E-state index in [1.54, 1.807) is 12.1 Å². The van der Waals surface area contributed by atoms with E-state index >= 15 is 0 Å². The van der Waals surface area contributed by atoms with Gasteiger partial charge >= 0.3 is 0 Å². The molecule has 17 heavy (non-hydrogen) atoms. The molecular formula is C15H22FN. The van der Waals surface area contributed by atoms with Crippen LogP contribution in [0.3, 0.4) is 0 Å². The second kappa shape index (κ2) is 4.41. The highest BCUT2D eigenvalue weighted by Gasteiger charge is 2.43. The van der Waals surface area contributed by atoms with Gasteiger partial charge in [0, 0.05) is 5.54 Å². The van der Waals surface area contributed by atoms with Crippen molar-refractivity contribution in [2.75, 3.05) is 6.54 Å². The number of hydrogen-bond donors (Lipinski definition) is 1. The van der Waals surface area contributed by atoms with Gasteiger partial charge in [-0.15, -0.1) is 0 Å². The average Bonchev–Trinajstić information content (AvgIpc) is 2.70. The van der Waals surface area contributed by atoms with Crippen molar-refractivity contribution in [2.45, 2.75) is 45.6 Å². The molecule has 0 aromatic heterocycles. The highest BCUT2D eigenvalue weighted by Crippen LogP contribution is 2.40. The topological polar surface area (TPSA) is 12.0 Å². The van der Waals surface area contributed by atoms with Crippen molar-refractivity contribution in [1.82, 2.24) is 5.32 Å². The monoisotopic (exact) mass is 235 g/mol. The maximum atomic E-state index is 13.8. The Bertz CT molecular complexity index is 386. The van der Waals surface area contributed by atoms with Crippen LogP contribution in [0.2, 0.25) is 0 Å². The largest absolute Gasteiger partial charge is 0.310 e. The van der Waals surface area contributed by atoms with Crippen LogP contribution in [0.5, 0.6) is 0 Å². The fraction of sp³-hybridized carbons (Fsp3) is 0.600. The van der Waals surface area contributed by atoms with Crippen molar-refractivity contribution in [3.8, 4) is 0 Å². The van der Waals surface area contributed by atoms with Crippen molar-refractivity contribution < 1.29 is 4.39 Å². The van der Waals surface area contributed by atoms with Crippen LogP contribution in [0.4, 0.5) is 4.39 Å². The number of nitrogens with one attached hydrogen (secondary N) is 1. The van der Waals surface area contributed by atoms with Gasteiger partial charge in [0.05, 0.1) is 0 Å². The van der Waals surface area contributed by atoms with E-state index < -0.39 is 0 Å². The normalized spacial score (nSPS) is 25.2. The Morgan fingerprint density at radius 3 is 2.53 bits per heavy atom. The fourth-order valence-corrected chi connectivity index (χ4v) is 2.83. The summed E-state index contributed by atoms with van der Waals surface area (Å²) in [6.45, 7) is 7.77. The Morgan fingerprint density at radius 2 is 2.00 bits per heavy atom. The lowest BCUT2D eigenvalue weighted by Gasteiger charge is -2.42. The Hall–Kier alpha value is -0.890. The van der Waals surface area contributed by atoms with Gasteiger partial charge in [0.15, 0.2) is 0 Å². The molecule has 2 heteroatoms. The predicted octanol–water partition coefficient (Wildman–Crippen LogP) is 3.54. The van der Waals surface area contributed by atoms with Crippen molar-refractivity contribution in [2.24, 2.45) is 5.41 Å². The van der Waals surface area contributed by atoms with E-state index in [4.69, 9.17) is 0 Å². The van der Waals surface area contributed by atoms with E-state index in [1.165, 1.54) is 6.42 Å². The summed E-state index contributed by atoms with van der Waals surface area (Å²) >= 11 is 0. The van der Waals surface area contributed by atoms with Crippen LogP contribution >= 0.6 is 0 Å². The Morgan fingerprint density at radius 1 is 1.29 bits per heavy atom. The fourth-order valence-electron chi connectivity index (χ4n) is 2.83. The molecule has 0 aliphatic carbocycles. The van der Waals surface area contributed by atoms with Gasteiger partial charge in [-0.1, -0.05) is 39.0 Å². The summed E-state index contributed by atoms with van der Waals surface area (Å²) in [6.07, 6.45) is 3.10. The second-order valence-electron chi connectivity index (χ2n) is 6.13. The van der Waals surface area contributed by atoms with E-state index in [-0.39, 0.29) is 16.8 Å². The summed E-state index contributed by atoms with van der Waals surface area (Å²) in [6, 6.07) is 7.14. The molecule has 0 bridgehead atoms. The molecule has 0 spiro atoms. The van der Waals surface area contributed by atoms with Crippen molar-refractivity contribution in [3.63, 3.8) is 0 Å². The van der Waals surface area contributed by atoms with Gasteiger partial charge in [0.25, 0.3) is 0 Å². The number of hydrogen-bond acceptors (Lipinski definition) is 1. The quantitative estimate of drug-likeness (QED) is 0.826. The van der Waals surface area contributed by atoms with E-state index in [2.05, 4.69) is 26.1 Å². The van der Waals surface area contributed by atoms with E-state index in [1.807, 2.05) is 12.1 Å². The lowest BCUT2D eigenvalue weighted by atomic mass is 9.69. The zero-order valence-electron chi connectivity index (χ0n) is 11.0. The molecule has 1 aliphatic rings. The number of benzene rings is 1. The summed E-state index contributed by atoms with van der Waals surface area (Å²) in [5, 5.41) is 3.62. The van der Waals surface area contributed by atoms with Gasteiger partial charge in [0.2, 0.25) is 0 Å². The molecule has 1 nitrogen and oxygen atoms in total. The minimum atomic E-state index is -0.0789. The lowest BCUT2D eigenvalue weighted by molar-refractivity contribution is 0.158. The first-order valence-corrected chi connectivity index (χ1v) is 6.43. The molecule has 1 fully saturated rings. The molecule has 0 amide bonds. The van der Waals surface area contributed by atoms with Gasteiger partial charge in [-0.2, -0.15) is 0 Å².